The zero-order valence-electron chi connectivity index (χ0n) is 17.2. The third-order valence-corrected chi connectivity index (χ3v) is 5.12. The maximum absolute atomic E-state index is 5.27. The van der Waals surface area contributed by atoms with Gasteiger partial charge in [-0.25, -0.2) is 4.68 Å². The highest BCUT2D eigenvalue weighted by Crippen LogP contribution is 2.29. The predicted octanol–water partition coefficient (Wildman–Crippen LogP) is 4.21. The molecule has 1 aliphatic heterocycles. The van der Waals surface area contributed by atoms with Gasteiger partial charge in [-0.15, -0.1) is 10.2 Å². The number of aromatic nitrogens is 6. The summed E-state index contributed by atoms with van der Waals surface area (Å²) in [5.41, 5.74) is 3.65. The van der Waals surface area contributed by atoms with Crippen LogP contribution in [-0.2, 0) is 4.74 Å². The molecule has 2 N–H and O–H groups in total. The number of aromatic amines is 1. The second-order valence-corrected chi connectivity index (χ2v) is 7.18. The van der Waals surface area contributed by atoms with Gasteiger partial charge in [-0.05, 0) is 43.2 Å². The molecule has 3 aromatic heterocycles. The normalized spacial score (nSPS) is 14.4. The van der Waals surface area contributed by atoms with Gasteiger partial charge in [0.15, 0.2) is 0 Å². The average molecular weight is 406 g/mol. The van der Waals surface area contributed by atoms with Crippen LogP contribution in [0.15, 0.2) is 48.9 Å². The fraction of sp³-hybridized carbons (Fsp3) is 0.364. The zero-order chi connectivity index (χ0) is 20.6. The van der Waals surface area contributed by atoms with Crippen LogP contribution in [0.4, 0.5) is 5.82 Å². The molecule has 0 saturated carbocycles. The van der Waals surface area contributed by atoms with E-state index >= 15 is 0 Å². The van der Waals surface area contributed by atoms with E-state index in [-0.39, 0.29) is 0 Å². The van der Waals surface area contributed by atoms with E-state index in [9.17, 15) is 0 Å². The summed E-state index contributed by atoms with van der Waals surface area (Å²) in [6.45, 7) is 2.00. The van der Waals surface area contributed by atoms with Crippen LogP contribution < -0.4 is 5.32 Å². The second kappa shape index (κ2) is 9.98. The molecule has 1 saturated heterocycles. The van der Waals surface area contributed by atoms with Crippen LogP contribution in [0.3, 0.4) is 0 Å². The van der Waals surface area contributed by atoms with Gasteiger partial charge in [0.05, 0.1) is 23.1 Å². The Labute approximate surface area is 175 Å². The first-order chi connectivity index (χ1) is 14.9. The molecule has 4 heterocycles. The molecule has 1 aromatic carbocycles. The largest absolute Gasteiger partial charge is 0.381 e. The molecule has 0 unspecified atom stereocenters. The number of hydrogen-bond acceptors (Lipinski definition) is 6. The topological polar surface area (TPSA) is 93.5 Å². The van der Waals surface area contributed by atoms with Gasteiger partial charge in [0.1, 0.15) is 5.82 Å². The lowest BCUT2D eigenvalue weighted by molar-refractivity contribution is 0.116. The average Bonchev–Trinajstić information content (AvgIpc) is 3.46. The lowest BCUT2D eigenvalue weighted by atomic mass is 10.1. The fourth-order valence-electron chi connectivity index (χ4n) is 3.50. The summed E-state index contributed by atoms with van der Waals surface area (Å²) in [7, 11) is 1.82. The quantitative estimate of drug-likeness (QED) is 0.530. The Bertz CT molecular complexity index is 1020. The highest BCUT2D eigenvalue weighted by Gasteiger charge is 2.12. The molecule has 4 aromatic rings. The van der Waals surface area contributed by atoms with Gasteiger partial charge in [0, 0.05) is 43.6 Å². The van der Waals surface area contributed by atoms with E-state index in [4.69, 9.17) is 4.74 Å². The minimum Gasteiger partial charge on any atom is -0.381 e. The van der Waals surface area contributed by atoms with Gasteiger partial charge in [-0.1, -0.05) is 19.3 Å². The summed E-state index contributed by atoms with van der Waals surface area (Å²) >= 11 is 0. The van der Waals surface area contributed by atoms with Crippen molar-refractivity contribution in [3.63, 3.8) is 0 Å². The summed E-state index contributed by atoms with van der Waals surface area (Å²) in [5, 5.41) is 23.8. The molecule has 156 valence electrons. The third kappa shape index (κ3) is 4.65. The number of H-pyrrole nitrogens is 1. The highest BCUT2D eigenvalue weighted by molar-refractivity contribution is 5.97. The molecule has 5 rings (SSSR count). The van der Waals surface area contributed by atoms with E-state index in [1.54, 1.807) is 17.1 Å². The first-order valence-corrected chi connectivity index (χ1v) is 10.4. The van der Waals surface area contributed by atoms with E-state index in [1.165, 1.54) is 32.1 Å². The Morgan fingerprint density at radius 3 is 2.53 bits per heavy atom. The molecular weight excluding hydrogens is 378 g/mol. The number of benzene rings is 1. The minimum atomic E-state index is 0.736. The van der Waals surface area contributed by atoms with Crippen LogP contribution >= 0.6 is 0 Å². The van der Waals surface area contributed by atoms with Crippen molar-refractivity contribution in [2.75, 3.05) is 25.6 Å². The third-order valence-electron chi connectivity index (χ3n) is 5.12. The molecule has 8 nitrogen and oxygen atoms in total. The molecule has 30 heavy (non-hydrogen) atoms. The molecule has 1 fully saturated rings. The van der Waals surface area contributed by atoms with Gasteiger partial charge in [-0.2, -0.15) is 10.2 Å². The number of fused-ring (bicyclic) bond motifs is 1. The van der Waals surface area contributed by atoms with Crippen molar-refractivity contribution in [3.05, 3.63) is 48.9 Å². The summed E-state index contributed by atoms with van der Waals surface area (Å²) in [5.74, 6) is 0.736. The molecule has 8 heteroatoms. The zero-order valence-corrected chi connectivity index (χ0v) is 17.2. The molecule has 1 aliphatic rings. The number of nitrogens with one attached hydrogen (secondary N) is 2. The Hall–Kier alpha value is -3.26. The molecule has 0 bridgehead atoms. The fourth-order valence-corrected chi connectivity index (χ4v) is 3.50. The summed E-state index contributed by atoms with van der Waals surface area (Å²) in [6.07, 6.45) is 12.2. The molecule has 0 amide bonds. The predicted molar refractivity (Wildman–Crippen MR) is 118 cm³/mol. The van der Waals surface area contributed by atoms with Crippen molar-refractivity contribution >= 4 is 16.7 Å². The lowest BCUT2D eigenvalue weighted by Gasteiger charge is -2.07. The standard InChI is InChI=1S/C15H13N7.C7H14O/c1-16-14-6-4-12(19-20-14)10-3-5-13(22-8-2-7-18-22)15-11(10)9-17-21-15;1-2-4-6-8-7-5-3-1/h2-9H,1H3,(H,16,20)(H,17,21);1-7H2. The monoisotopic (exact) mass is 405 g/mol. The van der Waals surface area contributed by atoms with Gasteiger partial charge < -0.3 is 10.1 Å². The van der Waals surface area contributed by atoms with Crippen LogP contribution in [0.25, 0.3) is 27.8 Å². The molecule has 0 aliphatic carbocycles. The Morgan fingerprint density at radius 1 is 1.00 bits per heavy atom. The minimum absolute atomic E-state index is 0.736. The Morgan fingerprint density at radius 2 is 1.83 bits per heavy atom. The molecule has 0 atom stereocenters. The van der Waals surface area contributed by atoms with Gasteiger partial charge >= 0.3 is 0 Å². The smallest absolute Gasteiger partial charge is 0.148 e. The number of ether oxygens (including phenoxy) is 1. The summed E-state index contributed by atoms with van der Waals surface area (Å²) in [6, 6.07) is 9.73. The first kappa shape index (κ1) is 20.0. The number of rotatable bonds is 3. The van der Waals surface area contributed by atoms with E-state index in [2.05, 4.69) is 30.8 Å². The van der Waals surface area contributed by atoms with Gasteiger partial charge in [0.2, 0.25) is 0 Å². The molecule has 0 radical (unpaired) electrons. The van der Waals surface area contributed by atoms with Crippen molar-refractivity contribution in [2.24, 2.45) is 0 Å². The van der Waals surface area contributed by atoms with E-state index < -0.39 is 0 Å². The van der Waals surface area contributed by atoms with E-state index in [0.717, 1.165) is 46.9 Å². The molecular formula is C22H27N7O. The Balaban J connectivity index is 0.000000230. The number of anilines is 1. The Kier molecular flexibility index (Phi) is 6.66. The van der Waals surface area contributed by atoms with Crippen LogP contribution in [0.2, 0.25) is 0 Å². The van der Waals surface area contributed by atoms with E-state index in [1.807, 2.05) is 43.6 Å². The summed E-state index contributed by atoms with van der Waals surface area (Å²) < 4.78 is 7.08. The maximum Gasteiger partial charge on any atom is 0.148 e. The van der Waals surface area contributed by atoms with Gasteiger partial charge in [-0.3, -0.25) is 5.10 Å². The van der Waals surface area contributed by atoms with Gasteiger partial charge in [0.25, 0.3) is 0 Å². The summed E-state index contributed by atoms with van der Waals surface area (Å²) in [4.78, 5) is 0. The van der Waals surface area contributed by atoms with E-state index in [0.29, 0.717) is 0 Å². The van der Waals surface area contributed by atoms with Crippen molar-refractivity contribution in [2.45, 2.75) is 32.1 Å². The number of hydrogen-bond donors (Lipinski definition) is 2. The highest BCUT2D eigenvalue weighted by atomic mass is 16.5. The maximum atomic E-state index is 5.27. The van der Waals surface area contributed by atoms with Crippen LogP contribution in [-0.4, -0.2) is 50.4 Å². The van der Waals surface area contributed by atoms with Crippen molar-refractivity contribution in [1.82, 2.24) is 30.2 Å². The van der Waals surface area contributed by atoms with Crippen molar-refractivity contribution in [3.8, 4) is 16.9 Å². The lowest BCUT2D eigenvalue weighted by Crippen LogP contribution is -2.00. The van der Waals surface area contributed by atoms with Crippen molar-refractivity contribution < 1.29 is 4.74 Å². The second-order valence-electron chi connectivity index (χ2n) is 7.18. The van der Waals surface area contributed by atoms with Crippen molar-refractivity contribution in [1.29, 1.82) is 0 Å². The molecule has 0 spiro atoms. The van der Waals surface area contributed by atoms with Crippen LogP contribution in [0.1, 0.15) is 32.1 Å². The number of nitrogens with zero attached hydrogens (tertiary/aromatic N) is 5. The first-order valence-electron chi connectivity index (χ1n) is 10.4. The SMILES string of the molecule is C1CCCOCCC1.CNc1ccc(-c2ccc(-n3cccn3)c3[nH]ncc23)nn1. The van der Waals surface area contributed by atoms with Crippen LogP contribution in [0, 0.1) is 0 Å². The van der Waals surface area contributed by atoms with Crippen LogP contribution in [0.5, 0.6) is 0 Å².